The number of nitrogens with zero attached hydrogens (tertiary/aromatic N) is 2. The molecule has 0 amide bonds. The molecule has 0 spiro atoms. The molecule has 6 heteroatoms. The van der Waals surface area contributed by atoms with Crippen LogP contribution in [0.25, 0.3) is 0 Å². The van der Waals surface area contributed by atoms with E-state index in [1.54, 1.807) is 12.1 Å². The van der Waals surface area contributed by atoms with Gasteiger partial charge in [-0.3, -0.25) is 0 Å². The molecule has 0 aliphatic rings. The van der Waals surface area contributed by atoms with Crippen LogP contribution in [0.4, 0.5) is 17.1 Å². The molecule has 0 bridgehead atoms. The van der Waals surface area contributed by atoms with E-state index in [1.807, 2.05) is 24.3 Å². The van der Waals surface area contributed by atoms with Gasteiger partial charge < -0.3 is 15.2 Å². The molecule has 0 radical (unpaired) electrons. The number of carbonyl (C=O) groups is 1. The second kappa shape index (κ2) is 14.3. The number of carboxylic acid groups (broad SMARTS) is 1. The van der Waals surface area contributed by atoms with Crippen molar-refractivity contribution in [2.45, 2.75) is 51.9 Å². The van der Waals surface area contributed by atoms with Crippen LogP contribution >= 0.6 is 0 Å². The monoisotopic (exact) mass is 389 g/mol. The van der Waals surface area contributed by atoms with Gasteiger partial charge in [-0.2, -0.15) is 10.2 Å². The molecule has 1 N–H and O–H groups in total. The maximum absolute atomic E-state index is 10.7. The molecule has 0 atom stereocenters. The van der Waals surface area contributed by atoms with Gasteiger partial charge in [-0.25, -0.2) is 0 Å². The van der Waals surface area contributed by atoms with Gasteiger partial charge in [-0.15, -0.1) is 0 Å². The molecule has 0 saturated carbocycles. The fourth-order valence-corrected chi connectivity index (χ4v) is 2.74. The molecule has 2 aromatic rings. The number of benzene rings is 2. The third kappa shape index (κ3) is 9.49. The van der Waals surface area contributed by atoms with Crippen LogP contribution in [0.3, 0.4) is 0 Å². The first-order valence-corrected chi connectivity index (χ1v) is 9.76. The van der Waals surface area contributed by atoms with E-state index < -0.39 is 5.97 Å². The summed E-state index contributed by atoms with van der Waals surface area (Å²) in [6.45, 7) is 3.23. The van der Waals surface area contributed by atoms with Crippen LogP contribution in [0.15, 0.2) is 58.8 Å². The standard InChI is InChI=1S/C22H29N3O2.Na/c1-2-3-4-5-6-7-8-17-23-19-13-15-21(16-14-19)25-24-20-11-9-18(10-12-20)22(26)27;/h9-16,23H,2-8,17H2,1H3,(H,26,27);/q;+1/p-1. The van der Waals surface area contributed by atoms with Crippen molar-refractivity contribution in [2.24, 2.45) is 10.2 Å². The molecule has 0 heterocycles. The van der Waals surface area contributed by atoms with Gasteiger partial charge in [0.05, 0.1) is 17.3 Å². The minimum Gasteiger partial charge on any atom is -0.545 e. The smallest absolute Gasteiger partial charge is 0.545 e. The van der Waals surface area contributed by atoms with Crippen molar-refractivity contribution in [1.29, 1.82) is 0 Å². The SMILES string of the molecule is CCCCCCCCCNc1ccc(N=Nc2ccc(C(=O)[O-])cc2)cc1.[Na+]. The number of hydrogen-bond donors (Lipinski definition) is 1. The Morgan fingerprint density at radius 3 is 1.86 bits per heavy atom. The van der Waals surface area contributed by atoms with E-state index in [0.717, 1.165) is 17.9 Å². The summed E-state index contributed by atoms with van der Waals surface area (Å²) >= 11 is 0. The third-order valence-corrected chi connectivity index (χ3v) is 4.36. The maximum Gasteiger partial charge on any atom is 1.00 e. The van der Waals surface area contributed by atoms with E-state index in [4.69, 9.17) is 0 Å². The number of hydrogen-bond acceptors (Lipinski definition) is 5. The fraction of sp³-hybridized carbons (Fsp3) is 0.409. The Balaban J connectivity index is 0.00000392. The number of carbonyl (C=O) groups excluding carboxylic acids is 1. The Bertz CT molecular complexity index is 716. The number of carboxylic acids is 1. The van der Waals surface area contributed by atoms with Gasteiger partial charge in [-0.05, 0) is 48.4 Å². The number of nitrogens with one attached hydrogen (secondary N) is 1. The topological polar surface area (TPSA) is 76.9 Å². The van der Waals surface area contributed by atoms with Gasteiger partial charge in [0.2, 0.25) is 0 Å². The van der Waals surface area contributed by atoms with E-state index in [1.165, 1.54) is 57.1 Å². The molecule has 28 heavy (non-hydrogen) atoms. The number of azo groups is 1. The zero-order valence-corrected chi connectivity index (χ0v) is 19.0. The molecule has 0 saturated heterocycles. The van der Waals surface area contributed by atoms with Crippen molar-refractivity contribution in [3.8, 4) is 0 Å². The predicted octanol–water partition coefficient (Wildman–Crippen LogP) is 2.63. The van der Waals surface area contributed by atoms with Crippen molar-refractivity contribution in [3.05, 3.63) is 54.1 Å². The Morgan fingerprint density at radius 1 is 0.821 bits per heavy atom. The van der Waals surface area contributed by atoms with Crippen LogP contribution in [0, 0.1) is 0 Å². The summed E-state index contributed by atoms with van der Waals surface area (Å²) in [5, 5.41) is 22.4. The van der Waals surface area contributed by atoms with E-state index in [0.29, 0.717) is 5.69 Å². The van der Waals surface area contributed by atoms with Gasteiger partial charge in [0, 0.05) is 12.2 Å². The molecule has 0 aliphatic heterocycles. The Kier molecular flexibility index (Phi) is 12.5. The summed E-state index contributed by atoms with van der Waals surface area (Å²) in [5.41, 5.74) is 2.56. The molecule has 2 rings (SSSR count). The van der Waals surface area contributed by atoms with Gasteiger partial charge in [0.1, 0.15) is 0 Å². The van der Waals surface area contributed by atoms with Crippen molar-refractivity contribution >= 4 is 23.0 Å². The van der Waals surface area contributed by atoms with Crippen molar-refractivity contribution in [3.63, 3.8) is 0 Å². The minimum absolute atomic E-state index is 0. The summed E-state index contributed by atoms with van der Waals surface area (Å²) in [6.07, 6.45) is 9.16. The third-order valence-electron chi connectivity index (χ3n) is 4.36. The average Bonchev–Trinajstić information content (AvgIpc) is 2.69. The van der Waals surface area contributed by atoms with Crippen LogP contribution in [0.1, 0.15) is 62.2 Å². The summed E-state index contributed by atoms with van der Waals surface area (Å²) in [6, 6.07) is 13.9. The summed E-state index contributed by atoms with van der Waals surface area (Å²) in [5.74, 6) is -1.20. The number of unbranched alkanes of at least 4 members (excludes halogenated alkanes) is 6. The molecule has 144 valence electrons. The van der Waals surface area contributed by atoms with Crippen LogP contribution in [-0.4, -0.2) is 12.5 Å². The van der Waals surface area contributed by atoms with E-state index >= 15 is 0 Å². The van der Waals surface area contributed by atoms with E-state index in [9.17, 15) is 9.90 Å². The normalized spacial score (nSPS) is 10.6. The number of aromatic carboxylic acids is 1. The number of rotatable bonds is 12. The quantitative estimate of drug-likeness (QED) is 0.344. The van der Waals surface area contributed by atoms with Crippen LogP contribution in [0.5, 0.6) is 0 Å². The summed E-state index contributed by atoms with van der Waals surface area (Å²) in [4.78, 5) is 10.7. The molecule has 0 unspecified atom stereocenters. The molecule has 0 aliphatic carbocycles. The van der Waals surface area contributed by atoms with Crippen molar-refractivity contribution < 1.29 is 39.5 Å². The summed E-state index contributed by atoms with van der Waals surface area (Å²) < 4.78 is 0. The fourth-order valence-electron chi connectivity index (χ4n) is 2.74. The second-order valence-corrected chi connectivity index (χ2v) is 6.63. The van der Waals surface area contributed by atoms with E-state index in [-0.39, 0.29) is 35.1 Å². The first-order valence-electron chi connectivity index (χ1n) is 9.76. The zero-order chi connectivity index (χ0) is 19.3. The van der Waals surface area contributed by atoms with Crippen LogP contribution in [0.2, 0.25) is 0 Å². The molecular formula is C22H28N3NaO2. The van der Waals surface area contributed by atoms with Crippen molar-refractivity contribution in [1.82, 2.24) is 0 Å². The zero-order valence-electron chi connectivity index (χ0n) is 17.0. The molecule has 5 nitrogen and oxygen atoms in total. The second-order valence-electron chi connectivity index (χ2n) is 6.63. The molecule has 2 aromatic carbocycles. The molecular weight excluding hydrogens is 361 g/mol. The average molecular weight is 389 g/mol. The Morgan fingerprint density at radius 2 is 1.32 bits per heavy atom. The van der Waals surface area contributed by atoms with Crippen LogP contribution in [-0.2, 0) is 0 Å². The minimum atomic E-state index is -1.20. The molecule has 0 fully saturated rings. The predicted molar refractivity (Wildman–Crippen MR) is 108 cm³/mol. The van der Waals surface area contributed by atoms with Gasteiger partial charge in [0.25, 0.3) is 0 Å². The van der Waals surface area contributed by atoms with Gasteiger partial charge >= 0.3 is 29.6 Å². The van der Waals surface area contributed by atoms with E-state index in [2.05, 4.69) is 22.5 Å². The Hall–Kier alpha value is -1.69. The Labute approximate surface area is 190 Å². The maximum atomic E-state index is 10.7. The van der Waals surface area contributed by atoms with Gasteiger partial charge in [-0.1, -0.05) is 57.6 Å². The van der Waals surface area contributed by atoms with Crippen LogP contribution < -0.4 is 40.0 Å². The summed E-state index contributed by atoms with van der Waals surface area (Å²) in [7, 11) is 0. The number of anilines is 1. The van der Waals surface area contributed by atoms with Gasteiger partial charge in [0.15, 0.2) is 0 Å². The first kappa shape index (κ1) is 24.3. The molecule has 0 aromatic heterocycles. The first-order chi connectivity index (χ1) is 13.2. The largest absolute Gasteiger partial charge is 1.00 e. The van der Waals surface area contributed by atoms with Crippen molar-refractivity contribution in [2.75, 3.05) is 11.9 Å².